The molecule has 0 fully saturated rings. The van der Waals surface area contributed by atoms with E-state index < -0.39 is 12.7 Å². The molecule has 0 radical (unpaired) electrons. The minimum Gasteiger partial charge on any atom is -0.457 e. The van der Waals surface area contributed by atoms with Crippen LogP contribution in [0.4, 0.5) is 24.0 Å². The van der Waals surface area contributed by atoms with Crippen molar-refractivity contribution in [1.82, 2.24) is 10.2 Å². The van der Waals surface area contributed by atoms with Crippen molar-refractivity contribution in [3.05, 3.63) is 54.6 Å². The van der Waals surface area contributed by atoms with Crippen LogP contribution in [0.15, 0.2) is 58.9 Å². The lowest BCUT2D eigenvalue weighted by Crippen LogP contribution is -2.21. The molecule has 0 aliphatic rings. The van der Waals surface area contributed by atoms with E-state index in [0.29, 0.717) is 21.5 Å². The van der Waals surface area contributed by atoms with Gasteiger partial charge in [-0.3, -0.25) is 4.79 Å². The molecule has 0 unspecified atom stereocenters. The van der Waals surface area contributed by atoms with Gasteiger partial charge in [0, 0.05) is 11.8 Å². The number of hydrogen-bond donors (Lipinski definition) is 2. The van der Waals surface area contributed by atoms with Crippen LogP contribution in [0, 0.1) is 0 Å². The highest BCUT2D eigenvalue weighted by Crippen LogP contribution is 2.27. The Hall–Kier alpha value is -2.79. The highest BCUT2D eigenvalue weighted by atomic mass is 32.2. The summed E-state index contributed by atoms with van der Waals surface area (Å²) >= 11 is 2.04. The summed E-state index contributed by atoms with van der Waals surface area (Å²) in [7, 11) is 0. The number of nitrogens with zero attached hydrogens (tertiary/aromatic N) is 2. The minimum absolute atomic E-state index is 0.0394. The van der Waals surface area contributed by atoms with E-state index in [1.807, 2.05) is 30.3 Å². The molecule has 1 heterocycles. The van der Waals surface area contributed by atoms with E-state index in [9.17, 15) is 18.0 Å². The summed E-state index contributed by atoms with van der Waals surface area (Å²) in [5.74, 6) is 1.01. The molecule has 0 spiro atoms. The summed E-state index contributed by atoms with van der Waals surface area (Å²) in [6.45, 7) is -1.19. The summed E-state index contributed by atoms with van der Waals surface area (Å²) < 4.78 is 42.7. The van der Waals surface area contributed by atoms with Crippen LogP contribution in [0.3, 0.4) is 0 Å². The lowest BCUT2D eigenvalue weighted by atomic mass is 10.3. The summed E-state index contributed by atoms with van der Waals surface area (Å²) in [4.78, 5) is 12.1. The van der Waals surface area contributed by atoms with Gasteiger partial charge in [0.15, 0.2) is 4.34 Å². The Labute approximate surface area is 172 Å². The van der Waals surface area contributed by atoms with Crippen molar-refractivity contribution in [3.63, 3.8) is 0 Å². The number of anilines is 2. The number of nitrogens with one attached hydrogen (secondary N) is 2. The van der Waals surface area contributed by atoms with Gasteiger partial charge in [0.2, 0.25) is 11.0 Å². The average molecular weight is 440 g/mol. The largest absolute Gasteiger partial charge is 0.457 e. The van der Waals surface area contributed by atoms with Crippen LogP contribution >= 0.6 is 23.1 Å². The van der Waals surface area contributed by atoms with Gasteiger partial charge in [0.05, 0.1) is 5.75 Å². The van der Waals surface area contributed by atoms with E-state index in [4.69, 9.17) is 4.74 Å². The zero-order valence-corrected chi connectivity index (χ0v) is 16.4. The number of para-hydroxylation sites is 1. The first kappa shape index (κ1) is 20.9. The smallest absolute Gasteiger partial charge is 0.405 e. The standard InChI is InChI=1S/C18H15F3N4O2S2/c19-18(20,21)11-22-16-24-25-17(29-16)28-10-15(26)23-12-5-4-8-14(9-12)27-13-6-2-1-3-7-13/h1-9H,10-11H2,(H,22,24)(H,23,26). The van der Waals surface area contributed by atoms with Gasteiger partial charge in [0.1, 0.15) is 18.0 Å². The Kier molecular flexibility index (Phi) is 6.94. The van der Waals surface area contributed by atoms with Gasteiger partial charge < -0.3 is 15.4 Å². The van der Waals surface area contributed by atoms with Gasteiger partial charge in [-0.15, -0.1) is 10.2 Å². The molecule has 11 heteroatoms. The molecule has 3 aromatic rings. The molecule has 2 aromatic carbocycles. The zero-order valence-electron chi connectivity index (χ0n) is 14.8. The quantitative estimate of drug-likeness (QED) is 0.478. The number of halogens is 3. The van der Waals surface area contributed by atoms with Crippen LogP contribution in [-0.4, -0.2) is 34.6 Å². The van der Waals surface area contributed by atoms with Crippen molar-refractivity contribution in [2.75, 3.05) is 22.9 Å². The summed E-state index contributed by atoms with van der Waals surface area (Å²) in [6, 6.07) is 16.2. The van der Waals surface area contributed by atoms with Crippen molar-refractivity contribution in [1.29, 1.82) is 0 Å². The predicted octanol–water partition coefficient (Wildman–Crippen LogP) is 5.04. The van der Waals surface area contributed by atoms with Gasteiger partial charge in [-0.25, -0.2) is 0 Å². The van der Waals surface area contributed by atoms with Crippen LogP contribution < -0.4 is 15.4 Å². The Morgan fingerprint density at radius 1 is 1.07 bits per heavy atom. The SMILES string of the molecule is O=C(CSc1nnc(NCC(F)(F)F)s1)Nc1cccc(Oc2ccccc2)c1. The van der Waals surface area contributed by atoms with E-state index in [0.717, 1.165) is 23.1 Å². The van der Waals surface area contributed by atoms with Crippen molar-refractivity contribution in [2.24, 2.45) is 0 Å². The first-order valence-corrected chi connectivity index (χ1v) is 10.1. The number of aromatic nitrogens is 2. The summed E-state index contributed by atoms with van der Waals surface area (Å²) in [5.41, 5.74) is 0.564. The van der Waals surface area contributed by atoms with Gasteiger partial charge >= 0.3 is 6.18 Å². The predicted molar refractivity (Wildman–Crippen MR) is 107 cm³/mol. The molecule has 1 aromatic heterocycles. The number of ether oxygens (including phenoxy) is 1. The topological polar surface area (TPSA) is 76.1 Å². The highest BCUT2D eigenvalue weighted by molar-refractivity contribution is 8.01. The van der Waals surface area contributed by atoms with Crippen molar-refractivity contribution in [2.45, 2.75) is 10.5 Å². The van der Waals surface area contributed by atoms with Gasteiger partial charge in [-0.1, -0.05) is 47.4 Å². The molecule has 0 atom stereocenters. The number of hydrogen-bond acceptors (Lipinski definition) is 7. The number of benzene rings is 2. The number of thioether (sulfide) groups is 1. The minimum atomic E-state index is -4.34. The summed E-state index contributed by atoms with van der Waals surface area (Å²) in [5, 5.41) is 12.3. The molecule has 0 aliphatic carbocycles. The Morgan fingerprint density at radius 3 is 2.59 bits per heavy atom. The molecule has 0 saturated carbocycles. The molecule has 0 aliphatic heterocycles. The number of amides is 1. The van der Waals surface area contributed by atoms with Gasteiger partial charge in [-0.2, -0.15) is 13.2 Å². The van der Waals surface area contributed by atoms with E-state index in [1.165, 1.54) is 0 Å². The van der Waals surface area contributed by atoms with Gasteiger partial charge in [0.25, 0.3) is 0 Å². The number of carbonyl (C=O) groups excluding carboxylic acids is 1. The molecule has 29 heavy (non-hydrogen) atoms. The molecule has 6 nitrogen and oxygen atoms in total. The first-order valence-electron chi connectivity index (χ1n) is 8.27. The number of rotatable bonds is 8. The maximum absolute atomic E-state index is 12.2. The number of carbonyl (C=O) groups is 1. The zero-order chi connectivity index (χ0) is 20.7. The van der Waals surface area contributed by atoms with Crippen LogP contribution in [0.2, 0.25) is 0 Å². The third-order valence-electron chi connectivity index (χ3n) is 3.27. The van der Waals surface area contributed by atoms with E-state index in [-0.39, 0.29) is 16.8 Å². The molecule has 1 amide bonds. The third kappa shape index (κ3) is 7.27. The fourth-order valence-electron chi connectivity index (χ4n) is 2.10. The van der Waals surface area contributed by atoms with Crippen LogP contribution in [0.1, 0.15) is 0 Å². The maximum Gasteiger partial charge on any atom is 0.405 e. The normalized spacial score (nSPS) is 11.1. The van der Waals surface area contributed by atoms with Gasteiger partial charge in [-0.05, 0) is 24.3 Å². The number of alkyl halides is 3. The Morgan fingerprint density at radius 2 is 1.83 bits per heavy atom. The highest BCUT2D eigenvalue weighted by Gasteiger charge is 2.27. The molecule has 0 saturated heterocycles. The average Bonchev–Trinajstić information content (AvgIpc) is 3.13. The monoisotopic (exact) mass is 440 g/mol. The Balaban J connectivity index is 1.48. The van der Waals surface area contributed by atoms with E-state index in [2.05, 4.69) is 20.8 Å². The van der Waals surface area contributed by atoms with E-state index >= 15 is 0 Å². The lowest BCUT2D eigenvalue weighted by molar-refractivity contribution is -0.115. The second-order valence-corrected chi connectivity index (χ2v) is 7.82. The lowest BCUT2D eigenvalue weighted by Gasteiger charge is -2.08. The van der Waals surface area contributed by atoms with Crippen LogP contribution in [0.5, 0.6) is 11.5 Å². The second kappa shape index (κ2) is 9.61. The molecule has 152 valence electrons. The molecular weight excluding hydrogens is 425 g/mol. The molecular formula is C18H15F3N4O2S2. The third-order valence-corrected chi connectivity index (χ3v) is 5.28. The van der Waals surface area contributed by atoms with Crippen molar-refractivity contribution < 1.29 is 22.7 Å². The second-order valence-electron chi connectivity index (χ2n) is 5.62. The molecule has 0 bridgehead atoms. The molecule has 2 N–H and O–H groups in total. The Bertz CT molecular complexity index is 952. The fourth-order valence-corrected chi connectivity index (χ4v) is 3.65. The molecule has 3 rings (SSSR count). The van der Waals surface area contributed by atoms with E-state index in [1.54, 1.807) is 24.3 Å². The summed E-state index contributed by atoms with van der Waals surface area (Å²) in [6.07, 6.45) is -4.34. The van der Waals surface area contributed by atoms with Crippen molar-refractivity contribution >= 4 is 39.8 Å². The fraction of sp³-hybridized carbons (Fsp3) is 0.167. The van der Waals surface area contributed by atoms with Crippen molar-refractivity contribution in [3.8, 4) is 11.5 Å². The van der Waals surface area contributed by atoms with Crippen LogP contribution in [0.25, 0.3) is 0 Å². The van der Waals surface area contributed by atoms with Crippen LogP contribution in [-0.2, 0) is 4.79 Å². The first-order chi connectivity index (χ1) is 13.9. The maximum atomic E-state index is 12.2.